The summed E-state index contributed by atoms with van der Waals surface area (Å²) in [7, 11) is -1.99. The molecular weight excluding hydrogens is 420 g/mol. The topological polar surface area (TPSA) is 92.3 Å². The fourth-order valence-electron chi connectivity index (χ4n) is 2.42. The van der Waals surface area contributed by atoms with Gasteiger partial charge in [0.1, 0.15) is 5.01 Å². The van der Waals surface area contributed by atoms with E-state index in [0.29, 0.717) is 26.4 Å². The lowest BCUT2D eigenvalue weighted by molar-refractivity contribution is 0.102. The summed E-state index contributed by atoms with van der Waals surface area (Å²) in [5.41, 5.74) is 2.34. The van der Waals surface area contributed by atoms with Crippen molar-refractivity contribution < 1.29 is 13.2 Å². The second-order valence-electron chi connectivity index (χ2n) is 6.11. The highest BCUT2D eigenvalue weighted by molar-refractivity contribution is 7.92. The molecule has 0 unspecified atom stereocenters. The lowest BCUT2D eigenvalue weighted by Gasteiger charge is -2.19. The van der Waals surface area contributed by atoms with Gasteiger partial charge in [0, 0.05) is 23.2 Å². The number of nitrogens with zero attached hydrogens (tertiary/aromatic N) is 3. The first-order valence-electron chi connectivity index (χ1n) is 8.10. The number of aromatic nitrogens is 2. The maximum Gasteiger partial charge on any atom is 0.257 e. The molecule has 0 aliphatic rings. The molecule has 0 aliphatic heterocycles. The van der Waals surface area contributed by atoms with E-state index >= 15 is 0 Å². The number of anilines is 2. The molecule has 1 aromatic heterocycles. The number of hydrogen-bond acceptors (Lipinski definition) is 6. The van der Waals surface area contributed by atoms with Crippen LogP contribution in [0, 0.1) is 6.92 Å². The highest BCUT2D eigenvalue weighted by Crippen LogP contribution is 2.28. The monoisotopic (exact) mass is 436 g/mol. The number of aryl methyl sites for hydroxylation is 1. The van der Waals surface area contributed by atoms with E-state index < -0.39 is 15.9 Å². The van der Waals surface area contributed by atoms with Gasteiger partial charge >= 0.3 is 0 Å². The molecule has 146 valence electrons. The van der Waals surface area contributed by atoms with Gasteiger partial charge in [-0.05, 0) is 36.8 Å². The first-order valence-corrected chi connectivity index (χ1v) is 11.1. The van der Waals surface area contributed by atoms with Crippen LogP contribution in [-0.2, 0) is 10.0 Å². The Bertz CT molecular complexity index is 1130. The summed E-state index contributed by atoms with van der Waals surface area (Å²) < 4.78 is 24.8. The molecule has 0 radical (unpaired) electrons. The summed E-state index contributed by atoms with van der Waals surface area (Å²) >= 11 is 7.11. The molecule has 3 aromatic rings. The molecule has 0 saturated carbocycles. The second kappa shape index (κ2) is 7.86. The zero-order chi connectivity index (χ0) is 20.5. The van der Waals surface area contributed by atoms with Crippen LogP contribution in [0.1, 0.15) is 15.9 Å². The molecule has 2 aromatic carbocycles. The van der Waals surface area contributed by atoms with Crippen molar-refractivity contribution in [2.75, 3.05) is 22.9 Å². The third-order valence-electron chi connectivity index (χ3n) is 4.04. The molecule has 0 fully saturated rings. The van der Waals surface area contributed by atoms with Gasteiger partial charge in [0.2, 0.25) is 15.2 Å². The Morgan fingerprint density at radius 3 is 2.46 bits per heavy atom. The largest absolute Gasteiger partial charge is 0.296 e. The predicted octanol–water partition coefficient (Wildman–Crippen LogP) is 3.82. The Balaban J connectivity index is 1.81. The van der Waals surface area contributed by atoms with Crippen molar-refractivity contribution in [2.45, 2.75) is 6.92 Å². The van der Waals surface area contributed by atoms with Crippen LogP contribution in [-0.4, -0.2) is 37.8 Å². The van der Waals surface area contributed by atoms with Crippen LogP contribution >= 0.6 is 22.9 Å². The van der Waals surface area contributed by atoms with E-state index in [1.54, 1.807) is 31.2 Å². The van der Waals surface area contributed by atoms with Crippen LogP contribution in [0.2, 0.25) is 5.02 Å². The minimum Gasteiger partial charge on any atom is -0.296 e. The highest BCUT2D eigenvalue weighted by Gasteiger charge is 2.17. The van der Waals surface area contributed by atoms with E-state index in [2.05, 4.69) is 15.5 Å². The van der Waals surface area contributed by atoms with Crippen molar-refractivity contribution in [3.63, 3.8) is 0 Å². The summed E-state index contributed by atoms with van der Waals surface area (Å²) in [6.07, 6.45) is 1.11. The fraction of sp³-hybridized carbons (Fsp3) is 0.167. The van der Waals surface area contributed by atoms with Gasteiger partial charge in [0.15, 0.2) is 0 Å². The number of carbonyl (C=O) groups excluding carboxylic acids is 1. The van der Waals surface area contributed by atoms with Gasteiger partial charge < -0.3 is 0 Å². The summed E-state index contributed by atoms with van der Waals surface area (Å²) in [6.45, 7) is 1.78. The van der Waals surface area contributed by atoms with Crippen LogP contribution in [0.4, 0.5) is 10.8 Å². The predicted molar refractivity (Wildman–Crippen MR) is 113 cm³/mol. The average molecular weight is 437 g/mol. The SMILES string of the molecule is Cc1ccc(C(=O)Nc2nnc(-c3ccc(Cl)cc3)s2)cc1N(C)S(C)(=O)=O. The molecule has 0 atom stereocenters. The number of sulfonamides is 1. The smallest absolute Gasteiger partial charge is 0.257 e. The molecule has 1 N–H and O–H groups in total. The Kier molecular flexibility index (Phi) is 5.69. The van der Waals surface area contributed by atoms with Gasteiger partial charge in [-0.3, -0.25) is 14.4 Å². The third kappa shape index (κ3) is 4.49. The van der Waals surface area contributed by atoms with Crippen molar-refractivity contribution in [3.05, 3.63) is 58.6 Å². The molecule has 0 saturated heterocycles. The summed E-state index contributed by atoms with van der Waals surface area (Å²) in [6, 6.07) is 12.0. The van der Waals surface area contributed by atoms with Crippen molar-refractivity contribution >= 4 is 49.7 Å². The molecule has 0 spiro atoms. The maximum atomic E-state index is 12.6. The number of halogens is 1. The van der Waals surface area contributed by atoms with Crippen molar-refractivity contribution in [2.24, 2.45) is 0 Å². The number of nitrogens with one attached hydrogen (secondary N) is 1. The molecule has 0 bridgehead atoms. The summed E-state index contributed by atoms with van der Waals surface area (Å²) in [5, 5.41) is 12.4. The highest BCUT2D eigenvalue weighted by atomic mass is 35.5. The van der Waals surface area contributed by atoms with Crippen molar-refractivity contribution in [1.29, 1.82) is 0 Å². The van der Waals surface area contributed by atoms with Gasteiger partial charge in [-0.25, -0.2) is 8.42 Å². The van der Waals surface area contributed by atoms with Crippen LogP contribution in [0.15, 0.2) is 42.5 Å². The van der Waals surface area contributed by atoms with Crippen molar-refractivity contribution in [3.8, 4) is 10.6 Å². The standard InChI is InChI=1S/C18H17ClN4O3S2/c1-11-4-5-13(10-15(11)23(2)28(3,25)26)16(24)20-18-22-21-17(27-18)12-6-8-14(19)9-7-12/h4-10H,1-3H3,(H,20,22,24). The van der Waals surface area contributed by atoms with Crippen LogP contribution < -0.4 is 9.62 Å². The Labute approximate surface area is 172 Å². The molecule has 1 amide bonds. The van der Waals surface area contributed by atoms with E-state index in [4.69, 9.17) is 11.6 Å². The fourth-order valence-corrected chi connectivity index (χ4v) is 3.84. The first-order chi connectivity index (χ1) is 13.1. The third-order valence-corrected chi connectivity index (χ3v) is 6.38. The van der Waals surface area contributed by atoms with E-state index in [9.17, 15) is 13.2 Å². The molecule has 3 rings (SSSR count). The Hall–Kier alpha value is -2.49. The van der Waals surface area contributed by atoms with Crippen LogP contribution in [0.25, 0.3) is 10.6 Å². The average Bonchev–Trinajstić information content (AvgIpc) is 3.09. The Morgan fingerprint density at radius 1 is 1.14 bits per heavy atom. The molecule has 10 heteroatoms. The van der Waals surface area contributed by atoms with Crippen LogP contribution in [0.5, 0.6) is 0 Å². The number of benzene rings is 2. The van der Waals surface area contributed by atoms with Gasteiger partial charge in [-0.2, -0.15) is 0 Å². The van der Waals surface area contributed by atoms with Gasteiger partial charge in [-0.1, -0.05) is 41.1 Å². The zero-order valence-corrected chi connectivity index (χ0v) is 17.7. The normalized spacial score (nSPS) is 11.3. The number of carbonyl (C=O) groups is 1. The minimum atomic E-state index is -3.44. The van der Waals surface area contributed by atoms with E-state index in [1.807, 2.05) is 12.1 Å². The molecule has 0 aliphatic carbocycles. The maximum absolute atomic E-state index is 12.6. The lowest BCUT2D eigenvalue weighted by Crippen LogP contribution is -2.26. The minimum absolute atomic E-state index is 0.319. The lowest BCUT2D eigenvalue weighted by atomic mass is 10.1. The van der Waals surface area contributed by atoms with Crippen molar-refractivity contribution in [1.82, 2.24) is 10.2 Å². The number of amides is 1. The van der Waals surface area contributed by atoms with Gasteiger partial charge in [0.05, 0.1) is 11.9 Å². The van der Waals surface area contributed by atoms with Crippen LogP contribution in [0.3, 0.4) is 0 Å². The number of hydrogen-bond donors (Lipinski definition) is 1. The molecule has 7 nitrogen and oxygen atoms in total. The van der Waals surface area contributed by atoms with Gasteiger partial charge in [-0.15, -0.1) is 10.2 Å². The number of rotatable bonds is 5. The summed E-state index contributed by atoms with van der Waals surface area (Å²) in [4.78, 5) is 12.6. The Morgan fingerprint density at radius 2 is 1.82 bits per heavy atom. The first kappa shape index (κ1) is 20.2. The molecular formula is C18H17ClN4O3S2. The van der Waals surface area contributed by atoms with E-state index in [-0.39, 0.29) is 0 Å². The second-order valence-corrected chi connectivity index (χ2v) is 9.53. The van der Waals surface area contributed by atoms with E-state index in [1.165, 1.54) is 24.5 Å². The zero-order valence-electron chi connectivity index (χ0n) is 15.3. The molecule has 1 heterocycles. The molecule has 28 heavy (non-hydrogen) atoms. The van der Waals surface area contributed by atoms with E-state index in [0.717, 1.165) is 21.7 Å². The van der Waals surface area contributed by atoms with Gasteiger partial charge in [0.25, 0.3) is 5.91 Å². The quantitative estimate of drug-likeness (QED) is 0.656. The summed E-state index contributed by atoms with van der Waals surface area (Å²) in [5.74, 6) is -0.401.